The third-order valence-electron chi connectivity index (χ3n) is 6.62. The van der Waals surface area contributed by atoms with Gasteiger partial charge in [-0.25, -0.2) is 18.7 Å². The number of benzene rings is 2. The molecule has 4 atom stereocenters. The van der Waals surface area contributed by atoms with E-state index in [1.54, 1.807) is 6.07 Å². The third kappa shape index (κ3) is 4.51. The van der Waals surface area contributed by atoms with Crippen LogP contribution in [0.1, 0.15) is 18.4 Å². The van der Waals surface area contributed by atoms with Gasteiger partial charge in [-0.05, 0) is 49.6 Å². The lowest BCUT2D eigenvalue weighted by atomic mass is 10.1. The Hall–Kier alpha value is -2.66. The van der Waals surface area contributed by atoms with Crippen LogP contribution in [-0.2, 0) is 20.2 Å². The summed E-state index contributed by atoms with van der Waals surface area (Å²) in [6.07, 6.45) is 2.05. The molecule has 2 aromatic carbocycles. The number of aryl methyl sites for hydroxylation is 1. The van der Waals surface area contributed by atoms with E-state index in [4.69, 9.17) is 18.6 Å². The summed E-state index contributed by atoms with van der Waals surface area (Å²) in [5.74, 6) is 2.84. The molecule has 35 heavy (non-hydrogen) atoms. The molecule has 3 aliphatic heterocycles. The van der Waals surface area contributed by atoms with Gasteiger partial charge in [0.15, 0.2) is 6.10 Å². The molecular formula is C25H27FN4O4S. The first-order chi connectivity index (χ1) is 17.0. The van der Waals surface area contributed by atoms with Crippen molar-refractivity contribution in [1.82, 2.24) is 9.97 Å². The number of nitrogens with zero attached hydrogens (tertiary/aromatic N) is 3. The number of ether oxygens (including phenoxy) is 3. The Morgan fingerprint density at radius 3 is 2.80 bits per heavy atom. The summed E-state index contributed by atoms with van der Waals surface area (Å²) in [5, 5.41) is 14.2. The highest BCUT2D eigenvalue weighted by atomic mass is 32.2. The van der Waals surface area contributed by atoms with E-state index in [2.05, 4.69) is 21.4 Å². The fourth-order valence-corrected chi connectivity index (χ4v) is 6.80. The summed E-state index contributed by atoms with van der Waals surface area (Å²) in [7, 11) is 0.0991. The van der Waals surface area contributed by atoms with Crippen LogP contribution < -0.4 is 10.1 Å². The van der Waals surface area contributed by atoms with Gasteiger partial charge in [-0.1, -0.05) is 10.7 Å². The number of aliphatic hydroxyl groups excluding tert-OH is 1. The van der Waals surface area contributed by atoms with Crippen LogP contribution in [0.2, 0.25) is 0 Å². The molecule has 0 spiro atoms. The molecule has 0 amide bonds. The van der Waals surface area contributed by atoms with Crippen molar-refractivity contribution in [2.75, 3.05) is 30.0 Å². The highest BCUT2D eigenvalue weighted by molar-refractivity contribution is 7.87. The third-order valence-corrected chi connectivity index (χ3v) is 8.61. The van der Waals surface area contributed by atoms with Crippen molar-refractivity contribution in [3.63, 3.8) is 0 Å². The van der Waals surface area contributed by atoms with Gasteiger partial charge in [-0.15, -0.1) is 0 Å². The van der Waals surface area contributed by atoms with E-state index in [0.717, 1.165) is 22.2 Å². The second-order valence-corrected chi connectivity index (χ2v) is 11.1. The van der Waals surface area contributed by atoms with Crippen molar-refractivity contribution < 1.29 is 23.7 Å². The zero-order chi connectivity index (χ0) is 23.9. The predicted octanol–water partition coefficient (Wildman–Crippen LogP) is 3.95. The maximum absolute atomic E-state index is 14.2. The van der Waals surface area contributed by atoms with E-state index in [-0.39, 0.29) is 23.9 Å². The average Bonchev–Trinajstić information content (AvgIpc) is 3.57. The first-order valence-electron chi connectivity index (χ1n) is 11.8. The number of fused-ring (bicyclic) bond motifs is 2. The largest absolute Gasteiger partial charge is 0.483 e. The standard InChI is InChI=1S/C25H27FN4O4S/c1-14-8-16(30-35-6-2-3-7-35)10-18-22(14)25(28-13-27-18)29-17-5-4-15(26)9-20(17)34-21-12-33-23-19(31)11-32-24(21)23/h4-5,8-10,13,19,21,23-24,31H,2-3,6-7,11-12H2,1H3,(H,27,28,29)/t19?,21-,23-,24?/m1/s1. The van der Waals surface area contributed by atoms with Crippen LogP contribution in [0, 0.1) is 12.7 Å². The summed E-state index contributed by atoms with van der Waals surface area (Å²) in [4.78, 5) is 8.96. The molecule has 1 aromatic heterocycles. The van der Waals surface area contributed by atoms with E-state index in [1.807, 2.05) is 13.0 Å². The Bertz CT molecular complexity index is 1300. The Morgan fingerprint density at radius 2 is 1.94 bits per heavy atom. The summed E-state index contributed by atoms with van der Waals surface area (Å²) in [6, 6.07) is 8.40. The van der Waals surface area contributed by atoms with Gasteiger partial charge in [-0.3, -0.25) is 0 Å². The number of rotatable bonds is 5. The van der Waals surface area contributed by atoms with E-state index >= 15 is 0 Å². The molecule has 4 heterocycles. The molecule has 0 radical (unpaired) electrons. The molecule has 3 aromatic rings. The van der Waals surface area contributed by atoms with Crippen LogP contribution >= 0.6 is 0 Å². The topological polar surface area (TPSA) is 98.1 Å². The highest BCUT2D eigenvalue weighted by Gasteiger charge is 2.48. The van der Waals surface area contributed by atoms with Crippen LogP contribution in [0.15, 0.2) is 41.0 Å². The minimum atomic E-state index is -0.681. The number of hydrogen-bond acceptors (Lipinski definition) is 8. The maximum atomic E-state index is 14.2. The van der Waals surface area contributed by atoms with Crippen molar-refractivity contribution in [1.29, 1.82) is 0 Å². The highest BCUT2D eigenvalue weighted by Crippen LogP contribution is 2.36. The SMILES string of the molecule is Cc1cc(N=S2CCCC2)cc2ncnc(Nc3ccc(F)cc3O[C@@H]3CO[C@@H]4C(O)COC43)c12. The summed E-state index contributed by atoms with van der Waals surface area (Å²) in [6.45, 7) is 2.48. The molecule has 10 heteroatoms. The molecule has 2 unspecified atom stereocenters. The molecule has 0 saturated carbocycles. The minimum absolute atomic E-state index is 0.0991. The fourth-order valence-electron chi connectivity index (χ4n) is 4.93. The lowest BCUT2D eigenvalue weighted by Gasteiger charge is -2.21. The van der Waals surface area contributed by atoms with Gasteiger partial charge in [-0.2, -0.15) is 0 Å². The lowest BCUT2D eigenvalue weighted by molar-refractivity contribution is 0.00871. The average molecular weight is 499 g/mol. The van der Waals surface area contributed by atoms with Crippen molar-refractivity contribution >= 4 is 38.8 Å². The van der Waals surface area contributed by atoms with Gasteiger partial charge in [0.25, 0.3) is 0 Å². The molecule has 0 bridgehead atoms. The number of hydrogen-bond donors (Lipinski definition) is 2. The monoisotopic (exact) mass is 498 g/mol. The molecule has 0 aliphatic carbocycles. The molecule has 3 fully saturated rings. The molecule has 6 rings (SSSR count). The zero-order valence-electron chi connectivity index (χ0n) is 19.3. The van der Waals surface area contributed by atoms with Crippen LogP contribution in [0.25, 0.3) is 10.9 Å². The van der Waals surface area contributed by atoms with Gasteiger partial charge in [0.05, 0.1) is 30.1 Å². The number of aliphatic hydroxyl groups is 1. The van der Waals surface area contributed by atoms with E-state index in [9.17, 15) is 9.50 Å². The van der Waals surface area contributed by atoms with E-state index in [0.29, 0.717) is 17.3 Å². The lowest BCUT2D eigenvalue weighted by Crippen LogP contribution is -2.34. The molecule has 3 aliphatic rings. The maximum Gasteiger partial charge on any atom is 0.151 e. The quantitative estimate of drug-likeness (QED) is 0.550. The van der Waals surface area contributed by atoms with E-state index < -0.39 is 30.2 Å². The second kappa shape index (κ2) is 9.42. The normalized spacial score (nSPS) is 26.3. The molecule has 8 nitrogen and oxygen atoms in total. The Labute approximate surface area is 204 Å². The van der Waals surface area contributed by atoms with Gasteiger partial charge < -0.3 is 24.6 Å². The van der Waals surface area contributed by atoms with Gasteiger partial charge in [0.2, 0.25) is 0 Å². The summed E-state index contributed by atoms with van der Waals surface area (Å²) >= 11 is 0. The number of aromatic nitrogens is 2. The second-order valence-electron chi connectivity index (χ2n) is 9.13. The molecule has 3 saturated heterocycles. The Morgan fingerprint density at radius 1 is 1.11 bits per heavy atom. The zero-order valence-corrected chi connectivity index (χ0v) is 20.1. The Balaban J connectivity index is 1.30. The first-order valence-corrected chi connectivity index (χ1v) is 13.4. The van der Waals surface area contributed by atoms with Crippen molar-refractivity contribution in [3.8, 4) is 5.75 Å². The van der Waals surface area contributed by atoms with Crippen LogP contribution in [-0.4, -0.2) is 64.2 Å². The first kappa shape index (κ1) is 22.8. The smallest absolute Gasteiger partial charge is 0.151 e. The molecule has 184 valence electrons. The summed E-state index contributed by atoms with van der Waals surface area (Å²) < 4.78 is 36.6. The van der Waals surface area contributed by atoms with Crippen LogP contribution in [0.5, 0.6) is 5.75 Å². The predicted molar refractivity (Wildman–Crippen MR) is 132 cm³/mol. The Kier molecular flexibility index (Phi) is 6.13. The van der Waals surface area contributed by atoms with Crippen molar-refractivity contribution in [2.24, 2.45) is 4.36 Å². The van der Waals surface area contributed by atoms with Crippen molar-refractivity contribution in [2.45, 2.75) is 44.2 Å². The van der Waals surface area contributed by atoms with Gasteiger partial charge in [0.1, 0.15) is 42.0 Å². The van der Waals surface area contributed by atoms with Gasteiger partial charge in [0, 0.05) is 23.0 Å². The van der Waals surface area contributed by atoms with E-state index in [1.165, 1.54) is 42.8 Å². The van der Waals surface area contributed by atoms with Gasteiger partial charge >= 0.3 is 0 Å². The van der Waals surface area contributed by atoms with Crippen molar-refractivity contribution in [3.05, 3.63) is 48.0 Å². The number of nitrogens with one attached hydrogen (secondary N) is 1. The fraction of sp³-hybridized carbons (Fsp3) is 0.440. The minimum Gasteiger partial charge on any atom is -0.483 e. The molecular weight excluding hydrogens is 471 g/mol. The molecule has 2 N–H and O–H groups in total. The number of halogens is 1. The summed E-state index contributed by atoms with van der Waals surface area (Å²) in [5.41, 5.74) is 3.32. The van der Waals surface area contributed by atoms with Crippen LogP contribution in [0.3, 0.4) is 0 Å². The van der Waals surface area contributed by atoms with Crippen LogP contribution in [0.4, 0.5) is 21.6 Å². The number of anilines is 2.